The first kappa shape index (κ1) is 17.0. The number of ether oxygens (including phenoxy) is 2. The minimum Gasteiger partial charge on any atom is -0.454 e. The monoisotopic (exact) mass is 367 g/mol. The molecule has 130 valence electrons. The van der Waals surface area contributed by atoms with Crippen LogP contribution in [0.1, 0.15) is 18.7 Å². The van der Waals surface area contributed by atoms with E-state index in [1.54, 1.807) is 37.6 Å². The van der Waals surface area contributed by atoms with Crippen molar-refractivity contribution in [1.82, 2.24) is 25.0 Å². The van der Waals surface area contributed by atoms with Crippen LogP contribution in [0, 0.1) is 0 Å². The summed E-state index contributed by atoms with van der Waals surface area (Å²) in [7, 11) is 0. The van der Waals surface area contributed by atoms with Gasteiger partial charge in [0.15, 0.2) is 0 Å². The molecule has 7 nitrogen and oxygen atoms in total. The predicted octanol–water partition coefficient (Wildman–Crippen LogP) is 3.45. The first-order chi connectivity index (χ1) is 12.0. The van der Waals surface area contributed by atoms with E-state index < -0.39 is 12.7 Å². The third kappa shape index (κ3) is 4.18. The van der Waals surface area contributed by atoms with Gasteiger partial charge in [0.25, 0.3) is 0 Å². The Morgan fingerprint density at radius 1 is 1.16 bits per heavy atom. The molecule has 0 aliphatic carbocycles. The lowest BCUT2D eigenvalue weighted by Crippen LogP contribution is -2.06. The van der Waals surface area contributed by atoms with Gasteiger partial charge in [-0.2, -0.15) is 8.78 Å². The zero-order valence-corrected chi connectivity index (χ0v) is 13.6. The molecule has 0 saturated heterocycles. The fourth-order valence-electron chi connectivity index (χ4n) is 1.97. The van der Waals surface area contributed by atoms with Crippen LogP contribution in [0.15, 0.2) is 42.9 Å². The number of hydrogen-bond donors (Lipinski definition) is 0. The van der Waals surface area contributed by atoms with Crippen molar-refractivity contribution < 1.29 is 18.3 Å². The van der Waals surface area contributed by atoms with Crippen LogP contribution in [0.3, 0.4) is 0 Å². The average molecular weight is 368 g/mol. The average Bonchev–Trinajstić information content (AvgIpc) is 3.07. The van der Waals surface area contributed by atoms with Crippen molar-refractivity contribution in [2.24, 2.45) is 0 Å². The lowest BCUT2D eigenvalue weighted by atomic mass is 10.3. The minimum atomic E-state index is -2.97. The number of nitrogens with zero attached hydrogens (tertiary/aromatic N) is 5. The maximum atomic E-state index is 12.4. The Hall–Kier alpha value is -2.81. The fraction of sp³-hybridized carbons (Fsp3) is 0.200. The second kappa shape index (κ2) is 7.39. The number of halogens is 3. The van der Waals surface area contributed by atoms with Crippen LogP contribution in [0.4, 0.5) is 8.78 Å². The summed E-state index contributed by atoms with van der Waals surface area (Å²) in [5.41, 5.74) is 0.973. The molecule has 0 N–H and O–H groups in total. The van der Waals surface area contributed by atoms with Crippen molar-refractivity contribution in [3.05, 3.63) is 53.6 Å². The Morgan fingerprint density at radius 2 is 1.92 bits per heavy atom. The third-order valence-corrected chi connectivity index (χ3v) is 3.46. The summed E-state index contributed by atoms with van der Waals surface area (Å²) in [5.74, 6) is -0.145. The van der Waals surface area contributed by atoms with Gasteiger partial charge in [-0.15, -0.1) is 5.10 Å². The first-order valence-corrected chi connectivity index (χ1v) is 7.51. The van der Waals surface area contributed by atoms with Gasteiger partial charge in [0.05, 0.1) is 16.9 Å². The summed E-state index contributed by atoms with van der Waals surface area (Å²) < 4.78 is 36.1. The molecule has 0 fully saturated rings. The standard InChI is InChI=1S/C15H12ClF2N5O2/c1-9(24-15-19-5-2-6-20-15)12-8-23(22-21-12)10-3-4-11(16)13(7-10)25-14(17)18/h2-9,14H,1H3/t9-/m1/s1. The van der Waals surface area contributed by atoms with Gasteiger partial charge in [-0.05, 0) is 25.1 Å². The van der Waals surface area contributed by atoms with Crippen molar-refractivity contribution in [3.8, 4) is 17.4 Å². The molecular formula is C15H12ClF2N5O2. The van der Waals surface area contributed by atoms with Crippen LogP contribution in [0.25, 0.3) is 5.69 Å². The van der Waals surface area contributed by atoms with E-state index >= 15 is 0 Å². The van der Waals surface area contributed by atoms with Crippen molar-refractivity contribution in [2.45, 2.75) is 19.6 Å². The molecule has 0 radical (unpaired) electrons. The Balaban J connectivity index is 1.79. The van der Waals surface area contributed by atoms with E-state index in [4.69, 9.17) is 16.3 Å². The van der Waals surface area contributed by atoms with E-state index in [1.165, 1.54) is 16.8 Å². The van der Waals surface area contributed by atoms with E-state index in [2.05, 4.69) is 25.0 Å². The Morgan fingerprint density at radius 3 is 2.64 bits per heavy atom. The maximum Gasteiger partial charge on any atom is 0.387 e. The number of hydrogen-bond acceptors (Lipinski definition) is 6. The molecule has 0 aliphatic heterocycles. The molecule has 2 heterocycles. The molecule has 0 saturated carbocycles. The van der Waals surface area contributed by atoms with Crippen LogP contribution in [-0.4, -0.2) is 31.6 Å². The van der Waals surface area contributed by atoms with Gasteiger partial charge in [0.2, 0.25) is 0 Å². The van der Waals surface area contributed by atoms with Crippen molar-refractivity contribution >= 4 is 11.6 Å². The molecule has 25 heavy (non-hydrogen) atoms. The molecule has 3 rings (SSSR count). The van der Waals surface area contributed by atoms with Gasteiger partial charge < -0.3 is 9.47 Å². The molecule has 1 atom stereocenters. The molecule has 0 bridgehead atoms. The smallest absolute Gasteiger partial charge is 0.387 e. The van der Waals surface area contributed by atoms with Gasteiger partial charge in [-0.3, -0.25) is 0 Å². The number of benzene rings is 1. The van der Waals surface area contributed by atoms with Crippen molar-refractivity contribution in [1.29, 1.82) is 0 Å². The highest BCUT2D eigenvalue weighted by molar-refractivity contribution is 6.32. The maximum absolute atomic E-state index is 12.4. The van der Waals surface area contributed by atoms with Crippen molar-refractivity contribution in [2.75, 3.05) is 0 Å². The van der Waals surface area contributed by atoms with Gasteiger partial charge >= 0.3 is 12.6 Å². The molecule has 10 heteroatoms. The lowest BCUT2D eigenvalue weighted by Gasteiger charge is -2.09. The Labute approximate surface area is 146 Å². The Kier molecular flexibility index (Phi) is 5.03. The second-order valence-electron chi connectivity index (χ2n) is 4.87. The third-order valence-electron chi connectivity index (χ3n) is 3.15. The zero-order valence-electron chi connectivity index (χ0n) is 12.9. The Bertz CT molecular complexity index is 847. The van der Waals surface area contributed by atoms with Crippen LogP contribution >= 0.6 is 11.6 Å². The number of alkyl halides is 2. The molecule has 2 aromatic heterocycles. The van der Waals surface area contributed by atoms with Gasteiger partial charge in [0.1, 0.15) is 17.5 Å². The molecule has 0 spiro atoms. The highest BCUT2D eigenvalue weighted by Gasteiger charge is 2.15. The summed E-state index contributed by atoms with van der Waals surface area (Å²) in [5, 5.41) is 8.04. The molecule has 1 aromatic carbocycles. The predicted molar refractivity (Wildman–Crippen MR) is 84.1 cm³/mol. The molecule has 0 amide bonds. The zero-order chi connectivity index (χ0) is 17.8. The normalized spacial score (nSPS) is 12.2. The van der Waals surface area contributed by atoms with E-state index in [0.29, 0.717) is 11.4 Å². The van der Waals surface area contributed by atoms with E-state index in [0.717, 1.165) is 0 Å². The largest absolute Gasteiger partial charge is 0.454 e. The second-order valence-corrected chi connectivity index (χ2v) is 5.28. The number of aromatic nitrogens is 5. The minimum absolute atomic E-state index is 0.0716. The molecule has 0 unspecified atom stereocenters. The quantitative estimate of drug-likeness (QED) is 0.664. The van der Waals surface area contributed by atoms with Crippen LogP contribution in [-0.2, 0) is 0 Å². The van der Waals surface area contributed by atoms with Crippen LogP contribution in [0.2, 0.25) is 5.02 Å². The topological polar surface area (TPSA) is 75.0 Å². The SMILES string of the molecule is C[C@@H](Oc1ncccn1)c1cn(-c2ccc(Cl)c(OC(F)F)c2)nn1. The summed E-state index contributed by atoms with van der Waals surface area (Å²) >= 11 is 5.84. The summed E-state index contributed by atoms with van der Waals surface area (Å²) in [6.45, 7) is -1.21. The summed E-state index contributed by atoms with van der Waals surface area (Å²) in [4.78, 5) is 7.94. The fourth-order valence-corrected chi connectivity index (χ4v) is 2.14. The first-order valence-electron chi connectivity index (χ1n) is 7.13. The van der Waals surface area contributed by atoms with Crippen LogP contribution < -0.4 is 9.47 Å². The molecule has 0 aliphatic rings. The number of rotatable bonds is 6. The molecular weight excluding hydrogens is 356 g/mol. The summed E-state index contributed by atoms with van der Waals surface area (Å²) in [6, 6.07) is 6.27. The van der Waals surface area contributed by atoms with E-state index in [9.17, 15) is 8.78 Å². The summed E-state index contributed by atoms with van der Waals surface area (Å²) in [6.07, 6.45) is 4.26. The highest BCUT2D eigenvalue weighted by atomic mass is 35.5. The van der Waals surface area contributed by atoms with Gasteiger partial charge in [0, 0.05) is 18.5 Å². The van der Waals surface area contributed by atoms with Crippen molar-refractivity contribution in [3.63, 3.8) is 0 Å². The van der Waals surface area contributed by atoms with Gasteiger partial charge in [-0.25, -0.2) is 14.6 Å². The van der Waals surface area contributed by atoms with E-state index in [1.807, 2.05) is 0 Å². The highest BCUT2D eigenvalue weighted by Crippen LogP contribution is 2.28. The van der Waals surface area contributed by atoms with Crippen LogP contribution in [0.5, 0.6) is 11.8 Å². The lowest BCUT2D eigenvalue weighted by molar-refractivity contribution is -0.0497. The molecule has 3 aromatic rings. The van der Waals surface area contributed by atoms with Gasteiger partial charge in [-0.1, -0.05) is 16.8 Å². The van der Waals surface area contributed by atoms with E-state index in [-0.39, 0.29) is 16.8 Å².